The molecule has 2 heterocycles. The average Bonchev–Trinajstić information content (AvgIpc) is 2.98. The summed E-state index contributed by atoms with van der Waals surface area (Å²) in [6.45, 7) is 6.04. The van der Waals surface area contributed by atoms with Crippen LogP contribution in [-0.4, -0.2) is 32.1 Å². The number of rotatable bonds is 2. The van der Waals surface area contributed by atoms with Gasteiger partial charge in [0.15, 0.2) is 5.82 Å². The van der Waals surface area contributed by atoms with E-state index >= 15 is 0 Å². The van der Waals surface area contributed by atoms with Crippen molar-refractivity contribution in [2.24, 2.45) is 5.41 Å². The average molecular weight is 301 g/mol. The van der Waals surface area contributed by atoms with E-state index in [0.717, 1.165) is 37.5 Å². The molecule has 6 nitrogen and oxygen atoms in total. The molecule has 2 aliphatic rings. The van der Waals surface area contributed by atoms with Crippen molar-refractivity contribution in [2.45, 2.75) is 65.0 Å². The van der Waals surface area contributed by atoms with Crippen molar-refractivity contribution in [2.75, 3.05) is 6.54 Å². The van der Waals surface area contributed by atoms with Crippen molar-refractivity contribution in [1.82, 2.24) is 19.7 Å². The van der Waals surface area contributed by atoms with E-state index in [9.17, 15) is 10.1 Å². The lowest BCUT2D eigenvalue weighted by atomic mass is 9.74. The third-order valence-electron chi connectivity index (χ3n) is 4.92. The molecular weight excluding hydrogens is 278 g/mol. The summed E-state index contributed by atoms with van der Waals surface area (Å²) in [6, 6.07) is 2.33. The summed E-state index contributed by atoms with van der Waals surface area (Å²) in [5.41, 5.74) is -0.804. The maximum atomic E-state index is 12.9. The molecule has 0 aromatic carbocycles. The lowest BCUT2D eigenvalue weighted by molar-refractivity contribution is -0.142. The molecule has 1 saturated carbocycles. The molecule has 3 rings (SSSR count). The van der Waals surface area contributed by atoms with Gasteiger partial charge < -0.3 is 9.47 Å². The van der Waals surface area contributed by atoms with Crippen molar-refractivity contribution in [1.29, 1.82) is 5.26 Å². The number of carbonyl (C=O) groups is 1. The van der Waals surface area contributed by atoms with E-state index in [-0.39, 0.29) is 5.91 Å². The van der Waals surface area contributed by atoms with Crippen LogP contribution in [0.1, 0.15) is 63.5 Å². The first kappa shape index (κ1) is 15.0. The molecular formula is C16H23N5O. The molecule has 0 N–H and O–H groups in total. The molecule has 118 valence electrons. The van der Waals surface area contributed by atoms with Crippen molar-refractivity contribution in [3.8, 4) is 6.07 Å². The monoisotopic (exact) mass is 301 g/mol. The highest BCUT2D eigenvalue weighted by Gasteiger charge is 2.43. The summed E-state index contributed by atoms with van der Waals surface area (Å²) in [6.07, 6.45) is 4.47. The van der Waals surface area contributed by atoms with Gasteiger partial charge in [-0.3, -0.25) is 4.79 Å². The fraction of sp³-hybridized carbons (Fsp3) is 0.750. The summed E-state index contributed by atoms with van der Waals surface area (Å²) in [5, 5.41) is 18.1. The largest absolute Gasteiger partial charge is 0.332 e. The zero-order chi connectivity index (χ0) is 15.7. The molecule has 0 unspecified atom stereocenters. The van der Waals surface area contributed by atoms with Gasteiger partial charge in [0.1, 0.15) is 11.2 Å². The van der Waals surface area contributed by atoms with Crippen LogP contribution in [0.2, 0.25) is 0 Å². The molecule has 0 radical (unpaired) electrons. The third kappa shape index (κ3) is 2.39. The van der Waals surface area contributed by atoms with Crippen molar-refractivity contribution in [3.63, 3.8) is 0 Å². The molecule has 1 aliphatic heterocycles. The summed E-state index contributed by atoms with van der Waals surface area (Å²) in [4.78, 5) is 14.7. The van der Waals surface area contributed by atoms with Crippen molar-refractivity contribution in [3.05, 3.63) is 11.6 Å². The van der Waals surface area contributed by atoms with Gasteiger partial charge in [0.2, 0.25) is 5.91 Å². The van der Waals surface area contributed by atoms with E-state index in [1.54, 1.807) is 0 Å². The number of fused-ring (bicyclic) bond motifs is 1. The van der Waals surface area contributed by atoms with E-state index in [1.165, 1.54) is 0 Å². The first-order valence-corrected chi connectivity index (χ1v) is 8.20. The van der Waals surface area contributed by atoms with E-state index in [4.69, 9.17) is 0 Å². The van der Waals surface area contributed by atoms with Crippen LogP contribution in [0.3, 0.4) is 0 Å². The topological polar surface area (TPSA) is 74.8 Å². The zero-order valence-electron chi connectivity index (χ0n) is 13.4. The number of carbonyl (C=O) groups excluding carboxylic acids is 1. The lowest BCUT2D eigenvalue weighted by Gasteiger charge is -2.36. The molecule has 1 amide bonds. The SMILES string of the molecule is CC(C)c1nnc2n1CCN(C(=O)C1(C#N)CCCCC1)C2. The van der Waals surface area contributed by atoms with Gasteiger partial charge in [0, 0.05) is 19.0 Å². The van der Waals surface area contributed by atoms with Gasteiger partial charge in [-0.1, -0.05) is 33.1 Å². The van der Waals surface area contributed by atoms with Gasteiger partial charge in [-0.15, -0.1) is 10.2 Å². The van der Waals surface area contributed by atoms with Gasteiger partial charge in [-0.05, 0) is 12.8 Å². The molecule has 0 bridgehead atoms. The maximum absolute atomic E-state index is 12.9. The second kappa shape index (κ2) is 5.71. The van der Waals surface area contributed by atoms with Gasteiger partial charge in [0.05, 0.1) is 12.6 Å². The highest BCUT2D eigenvalue weighted by atomic mass is 16.2. The Hall–Kier alpha value is -1.90. The predicted molar refractivity (Wildman–Crippen MR) is 80.7 cm³/mol. The minimum atomic E-state index is -0.804. The van der Waals surface area contributed by atoms with E-state index in [1.807, 2.05) is 4.90 Å². The highest BCUT2D eigenvalue weighted by molar-refractivity contribution is 5.85. The molecule has 1 aromatic rings. The number of hydrogen-bond donors (Lipinski definition) is 0. The molecule has 1 fully saturated rings. The second-order valence-corrected chi connectivity index (χ2v) is 6.76. The molecule has 0 spiro atoms. The second-order valence-electron chi connectivity index (χ2n) is 6.76. The summed E-state index contributed by atoms with van der Waals surface area (Å²) in [5.74, 6) is 2.14. The number of nitrogens with zero attached hydrogens (tertiary/aromatic N) is 5. The smallest absolute Gasteiger partial charge is 0.243 e. The van der Waals surface area contributed by atoms with Crippen LogP contribution >= 0.6 is 0 Å². The Kier molecular flexibility index (Phi) is 3.90. The van der Waals surface area contributed by atoms with Gasteiger partial charge in [-0.25, -0.2) is 0 Å². The lowest BCUT2D eigenvalue weighted by Crippen LogP contribution is -2.47. The number of aromatic nitrogens is 3. The van der Waals surface area contributed by atoms with E-state index in [0.29, 0.717) is 31.8 Å². The Balaban J connectivity index is 1.79. The quantitative estimate of drug-likeness (QED) is 0.839. The minimum absolute atomic E-state index is 0.00459. The Morgan fingerprint density at radius 2 is 1.95 bits per heavy atom. The van der Waals surface area contributed by atoms with Crippen LogP contribution in [0.25, 0.3) is 0 Å². The Labute approximate surface area is 131 Å². The van der Waals surface area contributed by atoms with E-state index in [2.05, 4.69) is 34.7 Å². The predicted octanol–water partition coefficient (Wildman–Crippen LogP) is 2.22. The van der Waals surface area contributed by atoms with Gasteiger partial charge in [-0.2, -0.15) is 5.26 Å². The number of amides is 1. The molecule has 0 atom stereocenters. The molecule has 0 saturated heterocycles. The third-order valence-corrected chi connectivity index (χ3v) is 4.92. The van der Waals surface area contributed by atoms with Crippen molar-refractivity contribution < 1.29 is 4.79 Å². The Morgan fingerprint density at radius 3 is 2.59 bits per heavy atom. The Morgan fingerprint density at radius 1 is 1.23 bits per heavy atom. The molecule has 22 heavy (non-hydrogen) atoms. The van der Waals surface area contributed by atoms with Crippen LogP contribution in [0.4, 0.5) is 0 Å². The van der Waals surface area contributed by atoms with Crippen molar-refractivity contribution >= 4 is 5.91 Å². The first-order valence-electron chi connectivity index (χ1n) is 8.20. The zero-order valence-corrected chi connectivity index (χ0v) is 13.4. The summed E-state index contributed by atoms with van der Waals surface area (Å²) >= 11 is 0. The summed E-state index contributed by atoms with van der Waals surface area (Å²) in [7, 11) is 0. The molecule has 6 heteroatoms. The van der Waals surface area contributed by atoms with Crippen LogP contribution in [0.5, 0.6) is 0 Å². The van der Waals surface area contributed by atoms with Crippen LogP contribution in [0.15, 0.2) is 0 Å². The first-order chi connectivity index (χ1) is 10.6. The van der Waals surface area contributed by atoms with E-state index < -0.39 is 5.41 Å². The molecule has 1 aromatic heterocycles. The van der Waals surface area contributed by atoms with Crippen LogP contribution < -0.4 is 0 Å². The fourth-order valence-electron chi connectivity index (χ4n) is 3.61. The van der Waals surface area contributed by atoms with Crippen LogP contribution in [-0.2, 0) is 17.9 Å². The summed E-state index contributed by atoms with van der Waals surface area (Å²) < 4.78 is 2.12. The standard InChI is InChI=1S/C16H23N5O/c1-12(2)14-19-18-13-10-20(8-9-21(13)14)15(22)16(11-17)6-4-3-5-7-16/h12H,3-10H2,1-2H3. The minimum Gasteiger partial charge on any atom is -0.332 e. The normalized spacial score (nSPS) is 20.5. The number of nitriles is 1. The molecule has 1 aliphatic carbocycles. The number of hydrogen-bond acceptors (Lipinski definition) is 4. The highest BCUT2D eigenvalue weighted by Crippen LogP contribution is 2.38. The van der Waals surface area contributed by atoms with Gasteiger partial charge >= 0.3 is 0 Å². The van der Waals surface area contributed by atoms with Crippen LogP contribution in [0, 0.1) is 16.7 Å². The van der Waals surface area contributed by atoms with Gasteiger partial charge in [0.25, 0.3) is 0 Å². The maximum Gasteiger partial charge on any atom is 0.243 e. The Bertz CT molecular complexity index is 607. The fourth-order valence-corrected chi connectivity index (χ4v) is 3.61.